The minimum Gasteiger partial charge on any atom is -0.483 e. The van der Waals surface area contributed by atoms with E-state index in [9.17, 15) is 9.59 Å². The van der Waals surface area contributed by atoms with Gasteiger partial charge in [0.2, 0.25) is 5.91 Å². The fourth-order valence-corrected chi connectivity index (χ4v) is 4.68. The van der Waals surface area contributed by atoms with Crippen LogP contribution in [0.1, 0.15) is 25.0 Å². The highest BCUT2D eigenvalue weighted by molar-refractivity contribution is 6.42. The first-order valence-electron chi connectivity index (χ1n) is 13.0. The van der Waals surface area contributed by atoms with Gasteiger partial charge in [-0.3, -0.25) is 9.59 Å². The lowest BCUT2D eigenvalue weighted by atomic mass is 10.0. The Hall–Kier alpha value is -3.54. The second-order valence-corrected chi connectivity index (χ2v) is 10.7. The molecule has 4 aromatic rings. The second-order valence-electron chi connectivity index (χ2n) is 9.88. The molecule has 0 bridgehead atoms. The van der Waals surface area contributed by atoms with Crippen LogP contribution >= 0.6 is 23.2 Å². The van der Waals surface area contributed by atoms with Gasteiger partial charge >= 0.3 is 0 Å². The number of ether oxygens (including phenoxy) is 1. The number of fused-ring (bicyclic) bond motifs is 1. The molecule has 1 atom stereocenters. The van der Waals surface area contributed by atoms with Gasteiger partial charge in [0.1, 0.15) is 11.8 Å². The minimum absolute atomic E-state index is 0.168. The van der Waals surface area contributed by atoms with Gasteiger partial charge in [-0.2, -0.15) is 0 Å². The Labute approximate surface area is 239 Å². The zero-order chi connectivity index (χ0) is 27.8. The maximum Gasteiger partial charge on any atom is 0.261 e. The van der Waals surface area contributed by atoms with Crippen LogP contribution in [0.5, 0.6) is 5.75 Å². The zero-order valence-corrected chi connectivity index (χ0v) is 23.6. The van der Waals surface area contributed by atoms with Gasteiger partial charge in [0.25, 0.3) is 5.91 Å². The summed E-state index contributed by atoms with van der Waals surface area (Å²) in [5.41, 5.74) is 1.71. The largest absolute Gasteiger partial charge is 0.483 e. The third kappa shape index (κ3) is 7.75. The molecule has 0 aliphatic carbocycles. The molecule has 0 radical (unpaired) electrons. The maximum atomic E-state index is 13.8. The van der Waals surface area contributed by atoms with E-state index in [1.54, 1.807) is 17.0 Å². The lowest BCUT2D eigenvalue weighted by molar-refractivity contribution is -0.142. The van der Waals surface area contributed by atoms with E-state index < -0.39 is 6.04 Å². The molecule has 2 amide bonds. The van der Waals surface area contributed by atoms with Crippen LogP contribution in [0, 0.1) is 5.92 Å². The number of nitrogens with zero attached hydrogens (tertiary/aromatic N) is 1. The highest BCUT2D eigenvalue weighted by Crippen LogP contribution is 2.26. The van der Waals surface area contributed by atoms with Crippen molar-refractivity contribution in [2.24, 2.45) is 5.92 Å². The predicted octanol–water partition coefficient (Wildman–Crippen LogP) is 6.94. The molecule has 0 saturated heterocycles. The normalized spacial score (nSPS) is 11.8. The molecule has 0 spiro atoms. The van der Waals surface area contributed by atoms with Crippen LogP contribution in [0.4, 0.5) is 0 Å². The molecule has 0 heterocycles. The zero-order valence-electron chi connectivity index (χ0n) is 22.1. The van der Waals surface area contributed by atoms with Gasteiger partial charge in [-0.1, -0.05) is 110 Å². The topological polar surface area (TPSA) is 58.6 Å². The summed E-state index contributed by atoms with van der Waals surface area (Å²) in [6.45, 7) is 4.51. The third-order valence-electron chi connectivity index (χ3n) is 6.39. The monoisotopic (exact) mass is 562 g/mol. The Bertz CT molecular complexity index is 1420. The number of nitrogens with one attached hydrogen (secondary N) is 1. The minimum atomic E-state index is -0.760. The van der Waals surface area contributed by atoms with Crippen molar-refractivity contribution in [3.8, 4) is 5.75 Å². The molecule has 39 heavy (non-hydrogen) atoms. The van der Waals surface area contributed by atoms with Crippen molar-refractivity contribution < 1.29 is 14.3 Å². The van der Waals surface area contributed by atoms with Gasteiger partial charge in [0.15, 0.2) is 6.61 Å². The predicted molar refractivity (Wildman–Crippen MR) is 158 cm³/mol. The lowest BCUT2D eigenvalue weighted by Crippen LogP contribution is -2.52. The standard InChI is InChI=1S/C32H32Cl2N2O3/c1-22(2)19-35-32(38)29(18-23-9-4-3-5-10-23)36(20-24-15-16-27(33)28(34)17-24)31(37)21-39-30-14-8-12-25-11-6-7-13-26(25)30/h3-17,22,29H,18-21H2,1-2H3,(H,35,38). The quantitative estimate of drug-likeness (QED) is 0.215. The van der Waals surface area contributed by atoms with Crippen LogP contribution in [0.3, 0.4) is 0 Å². The summed E-state index contributed by atoms with van der Waals surface area (Å²) in [4.78, 5) is 29.0. The van der Waals surface area contributed by atoms with E-state index >= 15 is 0 Å². The van der Waals surface area contributed by atoms with Crippen molar-refractivity contribution in [3.05, 3.63) is 112 Å². The van der Waals surface area contributed by atoms with Gasteiger partial charge in [0, 0.05) is 24.9 Å². The van der Waals surface area contributed by atoms with Crippen molar-refractivity contribution in [1.29, 1.82) is 0 Å². The highest BCUT2D eigenvalue weighted by atomic mass is 35.5. The van der Waals surface area contributed by atoms with Crippen LogP contribution in [0.15, 0.2) is 91.0 Å². The van der Waals surface area contributed by atoms with Crippen molar-refractivity contribution in [1.82, 2.24) is 10.2 Å². The van der Waals surface area contributed by atoms with E-state index in [4.69, 9.17) is 27.9 Å². The summed E-state index contributed by atoms with van der Waals surface area (Å²) in [6.07, 6.45) is 0.353. The average Bonchev–Trinajstić information content (AvgIpc) is 2.94. The van der Waals surface area contributed by atoms with Gasteiger partial charge in [-0.05, 0) is 40.6 Å². The molecule has 4 aromatic carbocycles. The van der Waals surface area contributed by atoms with E-state index in [0.717, 1.165) is 21.9 Å². The Balaban J connectivity index is 1.65. The molecule has 1 unspecified atom stereocenters. The van der Waals surface area contributed by atoms with Crippen LogP contribution < -0.4 is 10.1 Å². The lowest BCUT2D eigenvalue weighted by Gasteiger charge is -2.32. The van der Waals surface area contributed by atoms with Crippen LogP contribution in [0.25, 0.3) is 10.8 Å². The van der Waals surface area contributed by atoms with E-state index in [1.807, 2.05) is 92.7 Å². The summed E-state index contributed by atoms with van der Waals surface area (Å²) >= 11 is 12.4. The van der Waals surface area contributed by atoms with Gasteiger partial charge in [-0.25, -0.2) is 0 Å². The average molecular weight is 564 g/mol. The number of hydrogen-bond acceptors (Lipinski definition) is 3. The van der Waals surface area contributed by atoms with E-state index in [1.165, 1.54) is 0 Å². The van der Waals surface area contributed by atoms with Crippen LogP contribution in [0.2, 0.25) is 10.0 Å². The molecule has 0 aliphatic rings. The molecule has 5 nitrogen and oxygen atoms in total. The molecule has 7 heteroatoms. The Morgan fingerprint density at radius 3 is 2.31 bits per heavy atom. The van der Waals surface area contributed by atoms with Crippen molar-refractivity contribution in [2.75, 3.05) is 13.2 Å². The van der Waals surface area contributed by atoms with Crippen molar-refractivity contribution in [3.63, 3.8) is 0 Å². The third-order valence-corrected chi connectivity index (χ3v) is 7.13. The summed E-state index contributed by atoms with van der Waals surface area (Å²) in [5.74, 6) is 0.348. The first kappa shape index (κ1) is 28.5. The summed E-state index contributed by atoms with van der Waals surface area (Å²) < 4.78 is 6.05. The molecule has 4 rings (SSSR count). The fraction of sp³-hybridized carbons (Fsp3) is 0.250. The smallest absolute Gasteiger partial charge is 0.261 e. The second kappa shape index (κ2) is 13.5. The number of carbonyl (C=O) groups excluding carboxylic acids is 2. The number of amides is 2. The number of benzene rings is 4. The van der Waals surface area contributed by atoms with E-state index in [0.29, 0.717) is 28.8 Å². The van der Waals surface area contributed by atoms with Crippen LogP contribution in [-0.2, 0) is 22.6 Å². The number of rotatable bonds is 11. The SMILES string of the molecule is CC(C)CNC(=O)C(Cc1ccccc1)N(Cc1ccc(Cl)c(Cl)c1)C(=O)COc1cccc2ccccc12. The Morgan fingerprint density at radius 1 is 0.846 bits per heavy atom. The van der Waals surface area contributed by atoms with Crippen molar-refractivity contribution >= 4 is 45.8 Å². The highest BCUT2D eigenvalue weighted by Gasteiger charge is 2.31. The first-order valence-corrected chi connectivity index (χ1v) is 13.7. The molecule has 0 aromatic heterocycles. The fourth-order valence-electron chi connectivity index (χ4n) is 4.36. The van der Waals surface area contributed by atoms with E-state index in [2.05, 4.69) is 5.32 Å². The Morgan fingerprint density at radius 2 is 1.56 bits per heavy atom. The van der Waals surface area contributed by atoms with E-state index in [-0.39, 0.29) is 30.9 Å². The maximum absolute atomic E-state index is 13.8. The molecular formula is C32H32Cl2N2O3. The van der Waals surface area contributed by atoms with Gasteiger partial charge < -0.3 is 15.0 Å². The molecule has 1 N–H and O–H groups in total. The van der Waals surface area contributed by atoms with Crippen molar-refractivity contribution in [2.45, 2.75) is 32.9 Å². The van der Waals surface area contributed by atoms with Gasteiger partial charge in [0.05, 0.1) is 10.0 Å². The van der Waals surface area contributed by atoms with Gasteiger partial charge in [-0.15, -0.1) is 0 Å². The number of halogens is 2. The summed E-state index contributed by atoms with van der Waals surface area (Å²) in [6, 6.07) is 27.7. The first-order chi connectivity index (χ1) is 18.8. The Kier molecular flexibility index (Phi) is 9.85. The molecule has 202 valence electrons. The molecule has 0 fully saturated rings. The molecule has 0 saturated carbocycles. The molecule has 0 aliphatic heterocycles. The van der Waals surface area contributed by atoms with Crippen LogP contribution in [-0.4, -0.2) is 35.9 Å². The summed E-state index contributed by atoms with van der Waals surface area (Å²) in [7, 11) is 0. The number of carbonyl (C=O) groups is 2. The summed E-state index contributed by atoms with van der Waals surface area (Å²) in [5, 5.41) is 5.77. The number of hydrogen-bond donors (Lipinski definition) is 1. The molecular weight excluding hydrogens is 531 g/mol.